The van der Waals surface area contributed by atoms with Gasteiger partial charge in [0.05, 0.1) is 6.20 Å². The topological polar surface area (TPSA) is 57.1 Å². The van der Waals surface area contributed by atoms with E-state index in [2.05, 4.69) is 44.7 Å². The lowest BCUT2D eigenvalue weighted by atomic mass is 10.1. The van der Waals surface area contributed by atoms with Gasteiger partial charge in [0.2, 0.25) is 0 Å². The molecule has 3 aromatic rings. The van der Waals surface area contributed by atoms with Gasteiger partial charge in [-0.3, -0.25) is 10.00 Å². The maximum Gasteiger partial charge on any atom is 0.152 e. The van der Waals surface area contributed by atoms with E-state index in [0.29, 0.717) is 0 Å². The second-order valence-electron chi connectivity index (χ2n) is 7.08. The smallest absolute Gasteiger partial charge is 0.152 e. The molecule has 26 heavy (non-hydrogen) atoms. The quantitative estimate of drug-likeness (QED) is 0.679. The Balaban J connectivity index is 1.30. The van der Waals surface area contributed by atoms with E-state index in [9.17, 15) is 0 Å². The molecule has 5 nitrogen and oxygen atoms in total. The third-order valence-corrected chi connectivity index (χ3v) is 4.98. The van der Waals surface area contributed by atoms with Crippen LogP contribution in [-0.4, -0.2) is 28.2 Å². The Kier molecular flexibility index (Phi) is 5.18. The summed E-state index contributed by atoms with van der Waals surface area (Å²) in [6, 6.07) is 12.9. The van der Waals surface area contributed by atoms with E-state index in [0.717, 1.165) is 42.4 Å². The molecular formula is C21H26N4O. The second-order valence-corrected chi connectivity index (χ2v) is 7.08. The molecule has 2 aromatic heterocycles. The van der Waals surface area contributed by atoms with Crippen molar-refractivity contribution in [3.63, 3.8) is 0 Å². The first-order chi connectivity index (χ1) is 12.8. The molecule has 136 valence electrons. The van der Waals surface area contributed by atoms with Gasteiger partial charge in [-0.2, -0.15) is 5.10 Å². The van der Waals surface area contributed by atoms with Crippen LogP contribution in [0.5, 0.6) is 0 Å². The van der Waals surface area contributed by atoms with Gasteiger partial charge in [-0.25, -0.2) is 0 Å². The van der Waals surface area contributed by atoms with Gasteiger partial charge >= 0.3 is 0 Å². The predicted molar refractivity (Wildman–Crippen MR) is 103 cm³/mol. The molecule has 1 aliphatic heterocycles. The van der Waals surface area contributed by atoms with E-state index in [-0.39, 0.29) is 0 Å². The number of benzene rings is 1. The predicted octanol–water partition coefficient (Wildman–Crippen LogP) is 3.86. The van der Waals surface area contributed by atoms with Crippen LogP contribution in [0.2, 0.25) is 0 Å². The van der Waals surface area contributed by atoms with E-state index in [4.69, 9.17) is 4.42 Å². The van der Waals surface area contributed by atoms with Gasteiger partial charge in [-0.1, -0.05) is 24.3 Å². The van der Waals surface area contributed by atoms with Gasteiger partial charge in [0.1, 0.15) is 11.5 Å². The molecule has 1 fully saturated rings. The van der Waals surface area contributed by atoms with Crippen LogP contribution in [0.15, 0.2) is 47.0 Å². The molecule has 0 amide bonds. The van der Waals surface area contributed by atoms with Crippen LogP contribution in [-0.2, 0) is 19.6 Å². The molecule has 0 radical (unpaired) electrons. The molecule has 0 spiro atoms. The average molecular weight is 350 g/mol. The van der Waals surface area contributed by atoms with Crippen LogP contribution in [0.1, 0.15) is 35.3 Å². The number of aromatic amines is 1. The zero-order valence-electron chi connectivity index (χ0n) is 15.3. The maximum atomic E-state index is 5.70. The summed E-state index contributed by atoms with van der Waals surface area (Å²) in [6.45, 7) is 7.10. The second kappa shape index (κ2) is 7.89. The minimum Gasteiger partial charge on any atom is -0.460 e. The summed E-state index contributed by atoms with van der Waals surface area (Å²) in [5, 5.41) is 10.7. The van der Waals surface area contributed by atoms with Crippen molar-refractivity contribution >= 4 is 0 Å². The van der Waals surface area contributed by atoms with Gasteiger partial charge in [0, 0.05) is 25.2 Å². The number of rotatable bonds is 7. The zero-order valence-corrected chi connectivity index (χ0v) is 15.3. The zero-order chi connectivity index (χ0) is 17.8. The first-order valence-electron chi connectivity index (χ1n) is 9.38. The molecule has 2 N–H and O–H groups in total. The van der Waals surface area contributed by atoms with Crippen LogP contribution < -0.4 is 5.32 Å². The highest BCUT2D eigenvalue weighted by Gasteiger charge is 2.12. The number of furan rings is 1. The van der Waals surface area contributed by atoms with Crippen molar-refractivity contribution in [3.8, 4) is 11.5 Å². The standard InChI is InChI=1S/C21H26N4O/c1-16-4-9-20(26-16)21-19(14-23-24-21)13-22-12-17-5-7-18(8-6-17)15-25-10-2-3-11-25/h4-9,14,22H,2-3,10-13,15H2,1H3,(H,23,24). The van der Waals surface area contributed by atoms with Gasteiger partial charge in [-0.15, -0.1) is 0 Å². The first kappa shape index (κ1) is 17.1. The number of H-pyrrole nitrogens is 1. The number of aromatic nitrogens is 2. The minimum absolute atomic E-state index is 0.751. The Hall–Kier alpha value is -2.37. The van der Waals surface area contributed by atoms with Gasteiger partial charge in [-0.05, 0) is 56.1 Å². The van der Waals surface area contributed by atoms with Gasteiger partial charge < -0.3 is 9.73 Å². The SMILES string of the molecule is Cc1ccc(-c2[nH]ncc2CNCc2ccc(CN3CCCC3)cc2)o1. The summed E-state index contributed by atoms with van der Waals surface area (Å²) in [7, 11) is 0. The molecule has 0 aliphatic carbocycles. The fourth-order valence-corrected chi connectivity index (χ4v) is 3.53. The lowest BCUT2D eigenvalue weighted by Gasteiger charge is -2.14. The van der Waals surface area contributed by atoms with Crippen LogP contribution in [0.4, 0.5) is 0 Å². The monoisotopic (exact) mass is 350 g/mol. The summed E-state index contributed by atoms with van der Waals surface area (Å²) in [6.07, 6.45) is 4.55. The molecule has 0 unspecified atom stereocenters. The van der Waals surface area contributed by atoms with E-state index >= 15 is 0 Å². The minimum atomic E-state index is 0.751. The van der Waals surface area contributed by atoms with Crippen molar-refractivity contribution in [3.05, 3.63) is 65.0 Å². The Morgan fingerprint density at radius 1 is 1.04 bits per heavy atom. The van der Waals surface area contributed by atoms with Crippen LogP contribution in [0, 0.1) is 6.92 Å². The molecule has 1 aliphatic rings. The molecule has 1 saturated heterocycles. The summed E-state index contributed by atoms with van der Waals surface area (Å²) in [5.74, 6) is 1.74. The van der Waals surface area contributed by atoms with E-state index in [1.807, 2.05) is 25.3 Å². The average Bonchev–Trinajstić information content (AvgIpc) is 3.38. The van der Waals surface area contributed by atoms with Crippen LogP contribution in [0.3, 0.4) is 0 Å². The lowest BCUT2D eigenvalue weighted by molar-refractivity contribution is 0.331. The number of likely N-dealkylation sites (tertiary alicyclic amines) is 1. The van der Waals surface area contributed by atoms with Gasteiger partial charge in [0.15, 0.2) is 5.76 Å². The van der Waals surface area contributed by atoms with Crippen molar-refractivity contribution in [2.45, 2.75) is 39.4 Å². The van der Waals surface area contributed by atoms with E-state index < -0.39 is 0 Å². The number of hydrogen-bond acceptors (Lipinski definition) is 4. The largest absolute Gasteiger partial charge is 0.460 e. The first-order valence-corrected chi connectivity index (χ1v) is 9.38. The van der Waals surface area contributed by atoms with Crippen molar-refractivity contribution in [1.29, 1.82) is 0 Å². The fourth-order valence-electron chi connectivity index (χ4n) is 3.53. The Morgan fingerprint density at radius 2 is 1.81 bits per heavy atom. The number of hydrogen-bond donors (Lipinski definition) is 2. The third-order valence-electron chi connectivity index (χ3n) is 4.98. The molecule has 0 saturated carbocycles. The van der Waals surface area contributed by atoms with E-state index in [1.165, 1.54) is 37.1 Å². The highest BCUT2D eigenvalue weighted by Crippen LogP contribution is 2.23. The summed E-state index contributed by atoms with van der Waals surface area (Å²) in [5.41, 5.74) is 4.77. The van der Waals surface area contributed by atoms with Crippen molar-refractivity contribution in [2.24, 2.45) is 0 Å². The Morgan fingerprint density at radius 3 is 2.54 bits per heavy atom. The molecular weight excluding hydrogens is 324 g/mol. The van der Waals surface area contributed by atoms with Crippen molar-refractivity contribution < 1.29 is 4.42 Å². The van der Waals surface area contributed by atoms with Crippen molar-refractivity contribution in [1.82, 2.24) is 20.4 Å². The summed E-state index contributed by atoms with van der Waals surface area (Å²) in [4.78, 5) is 2.53. The van der Waals surface area contributed by atoms with Gasteiger partial charge in [0.25, 0.3) is 0 Å². The van der Waals surface area contributed by atoms with E-state index in [1.54, 1.807) is 0 Å². The molecule has 0 bridgehead atoms. The summed E-state index contributed by atoms with van der Waals surface area (Å²) < 4.78 is 5.70. The fraction of sp³-hybridized carbons (Fsp3) is 0.381. The molecule has 0 atom stereocenters. The molecule has 3 heterocycles. The van der Waals surface area contributed by atoms with Crippen molar-refractivity contribution in [2.75, 3.05) is 13.1 Å². The Labute approximate surface area is 154 Å². The number of nitrogens with zero attached hydrogens (tertiary/aromatic N) is 2. The third kappa shape index (κ3) is 4.06. The molecule has 4 rings (SSSR count). The number of nitrogens with one attached hydrogen (secondary N) is 2. The highest BCUT2D eigenvalue weighted by molar-refractivity contribution is 5.56. The van der Waals surface area contributed by atoms with Crippen LogP contribution in [0.25, 0.3) is 11.5 Å². The highest BCUT2D eigenvalue weighted by atomic mass is 16.3. The Bertz CT molecular complexity index is 828. The number of aryl methyl sites for hydroxylation is 1. The molecule has 1 aromatic carbocycles. The summed E-state index contributed by atoms with van der Waals surface area (Å²) >= 11 is 0. The maximum absolute atomic E-state index is 5.70. The normalized spacial score (nSPS) is 15.0. The molecule has 5 heteroatoms. The lowest BCUT2D eigenvalue weighted by Crippen LogP contribution is -2.18. The van der Waals surface area contributed by atoms with Crippen LogP contribution >= 0.6 is 0 Å².